The van der Waals surface area contributed by atoms with Gasteiger partial charge in [0.05, 0.1) is 17.9 Å². The van der Waals surface area contributed by atoms with E-state index < -0.39 is 11.4 Å². The monoisotopic (exact) mass is 254 g/mol. The van der Waals surface area contributed by atoms with Crippen molar-refractivity contribution < 1.29 is 9.35 Å². The van der Waals surface area contributed by atoms with Crippen LogP contribution in [0.1, 0.15) is 19.4 Å². The largest absolute Gasteiger partial charge is 0.593 e. The van der Waals surface area contributed by atoms with Crippen molar-refractivity contribution in [3.05, 3.63) is 29.8 Å². The molecule has 0 radical (unpaired) electrons. The van der Waals surface area contributed by atoms with Gasteiger partial charge in [-0.1, -0.05) is 19.1 Å². The quantitative estimate of drug-likeness (QED) is 0.588. The van der Waals surface area contributed by atoms with E-state index in [1.54, 1.807) is 0 Å². The number of nitrogens with one attached hydrogen (secondary N) is 2. The summed E-state index contributed by atoms with van der Waals surface area (Å²) >= 11 is -1.21. The summed E-state index contributed by atoms with van der Waals surface area (Å²) in [4.78, 5) is 11.4. The lowest BCUT2D eigenvalue weighted by Crippen LogP contribution is -2.33. The number of carbonyl (C=O) groups excluding carboxylic acids is 1. The second-order valence-electron chi connectivity index (χ2n) is 3.64. The normalized spacial score (nSPS) is 12.2. The van der Waals surface area contributed by atoms with Gasteiger partial charge in [0.2, 0.25) is 5.91 Å². The Balaban J connectivity index is 2.35. The predicted molar refractivity (Wildman–Crippen MR) is 68.9 cm³/mol. The number of hydrogen-bond acceptors (Lipinski definition) is 3. The van der Waals surface area contributed by atoms with Gasteiger partial charge in [0.25, 0.3) is 0 Å². The standard InChI is InChI=1S/C12H18N2O2S/c1-3-11-4-6-12(7-5-11)17(16)14-9-8-13-10(2)15/h4-7,14H,3,8-9H2,1-2H3,(H,13,15). The zero-order chi connectivity index (χ0) is 12.7. The zero-order valence-corrected chi connectivity index (χ0v) is 11.0. The first-order valence-electron chi connectivity index (χ1n) is 5.62. The van der Waals surface area contributed by atoms with Crippen molar-refractivity contribution in [1.29, 1.82) is 0 Å². The molecular formula is C12H18N2O2S. The lowest BCUT2D eigenvalue weighted by atomic mass is 10.2. The molecule has 1 amide bonds. The van der Waals surface area contributed by atoms with Crippen molar-refractivity contribution >= 4 is 17.3 Å². The fourth-order valence-corrected chi connectivity index (χ4v) is 2.15. The molecule has 0 saturated heterocycles. The Labute approximate surface area is 105 Å². The molecule has 0 heterocycles. The molecule has 1 aromatic rings. The van der Waals surface area contributed by atoms with E-state index in [0.29, 0.717) is 13.1 Å². The molecule has 0 bridgehead atoms. The maximum atomic E-state index is 11.8. The van der Waals surface area contributed by atoms with Crippen LogP contribution in [0.5, 0.6) is 0 Å². The first-order valence-corrected chi connectivity index (χ1v) is 6.77. The molecule has 1 atom stereocenters. The number of amides is 1. The third-order valence-corrected chi connectivity index (χ3v) is 3.44. The van der Waals surface area contributed by atoms with Crippen LogP contribution in [0.3, 0.4) is 0 Å². The van der Waals surface area contributed by atoms with Crippen LogP contribution in [0, 0.1) is 0 Å². The maximum Gasteiger partial charge on any atom is 0.216 e. The van der Waals surface area contributed by atoms with Crippen LogP contribution in [0.2, 0.25) is 0 Å². The molecule has 0 aliphatic rings. The Hall–Kier alpha value is -1.04. The minimum absolute atomic E-state index is 0.0788. The Morgan fingerprint density at radius 3 is 2.47 bits per heavy atom. The molecule has 2 N–H and O–H groups in total. The van der Waals surface area contributed by atoms with Gasteiger partial charge in [-0.25, -0.2) is 0 Å². The summed E-state index contributed by atoms with van der Waals surface area (Å²) in [5.41, 5.74) is 1.23. The summed E-state index contributed by atoms with van der Waals surface area (Å²) in [6.45, 7) is 4.51. The number of benzene rings is 1. The summed E-state index contributed by atoms with van der Waals surface area (Å²) in [7, 11) is 0. The lowest BCUT2D eigenvalue weighted by molar-refractivity contribution is -0.118. The Bertz CT molecular complexity index is 354. The second-order valence-corrected chi connectivity index (χ2v) is 4.94. The summed E-state index contributed by atoms with van der Waals surface area (Å²) < 4.78 is 14.6. The molecule has 4 nitrogen and oxygen atoms in total. The maximum absolute atomic E-state index is 11.8. The molecule has 1 unspecified atom stereocenters. The van der Waals surface area contributed by atoms with Gasteiger partial charge < -0.3 is 9.87 Å². The molecule has 1 aromatic carbocycles. The second kappa shape index (κ2) is 7.32. The summed E-state index contributed by atoms with van der Waals surface area (Å²) in [5.74, 6) is -0.0788. The average molecular weight is 254 g/mol. The van der Waals surface area contributed by atoms with Gasteiger partial charge in [-0.2, -0.15) is 0 Å². The smallest absolute Gasteiger partial charge is 0.216 e. The van der Waals surface area contributed by atoms with Crippen molar-refractivity contribution in [1.82, 2.24) is 10.0 Å². The van der Waals surface area contributed by atoms with E-state index in [4.69, 9.17) is 0 Å². The molecule has 0 aromatic heterocycles. The van der Waals surface area contributed by atoms with Crippen LogP contribution < -0.4 is 10.0 Å². The van der Waals surface area contributed by atoms with E-state index in [9.17, 15) is 9.35 Å². The first-order chi connectivity index (χ1) is 8.13. The van der Waals surface area contributed by atoms with E-state index in [2.05, 4.69) is 17.0 Å². The third-order valence-electron chi connectivity index (χ3n) is 2.28. The highest BCUT2D eigenvalue weighted by molar-refractivity contribution is 7.89. The summed E-state index contributed by atoms with van der Waals surface area (Å²) in [6.07, 6.45) is 0.975. The van der Waals surface area contributed by atoms with E-state index in [0.717, 1.165) is 11.3 Å². The molecular weight excluding hydrogens is 236 g/mol. The number of aryl methyl sites for hydroxylation is 1. The van der Waals surface area contributed by atoms with Crippen LogP contribution in [0.15, 0.2) is 29.2 Å². The van der Waals surface area contributed by atoms with Crippen LogP contribution >= 0.6 is 0 Å². The molecule has 0 aliphatic heterocycles. The highest BCUT2D eigenvalue weighted by atomic mass is 32.2. The van der Waals surface area contributed by atoms with Gasteiger partial charge in [0.1, 0.15) is 0 Å². The Morgan fingerprint density at radius 2 is 1.94 bits per heavy atom. The van der Waals surface area contributed by atoms with Crippen molar-refractivity contribution in [2.45, 2.75) is 25.2 Å². The molecule has 94 valence electrons. The lowest BCUT2D eigenvalue weighted by Gasteiger charge is -2.11. The van der Waals surface area contributed by atoms with E-state index in [1.807, 2.05) is 24.3 Å². The minimum atomic E-state index is -1.21. The van der Waals surface area contributed by atoms with Gasteiger partial charge in [-0.05, 0) is 24.1 Å². The molecule has 0 aliphatic carbocycles. The first kappa shape index (κ1) is 14.0. The van der Waals surface area contributed by atoms with Gasteiger partial charge >= 0.3 is 0 Å². The third kappa shape index (κ3) is 5.21. The molecule has 0 fully saturated rings. The van der Waals surface area contributed by atoms with E-state index >= 15 is 0 Å². The molecule has 0 saturated carbocycles. The average Bonchev–Trinajstić information content (AvgIpc) is 2.34. The van der Waals surface area contributed by atoms with Crippen molar-refractivity contribution in [2.24, 2.45) is 0 Å². The minimum Gasteiger partial charge on any atom is -0.593 e. The molecule has 0 spiro atoms. The zero-order valence-electron chi connectivity index (χ0n) is 10.2. The predicted octanol–water partition coefficient (Wildman–Crippen LogP) is 0.997. The van der Waals surface area contributed by atoms with Crippen molar-refractivity contribution in [2.75, 3.05) is 13.1 Å². The van der Waals surface area contributed by atoms with Gasteiger partial charge in [-0.3, -0.25) is 4.79 Å². The molecule has 1 rings (SSSR count). The van der Waals surface area contributed by atoms with E-state index in [1.165, 1.54) is 12.5 Å². The highest BCUT2D eigenvalue weighted by Crippen LogP contribution is 2.10. The molecule has 5 heteroatoms. The van der Waals surface area contributed by atoms with Crippen molar-refractivity contribution in [3.63, 3.8) is 0 Å². The SMILES string of the molecule is CCc1ccc([S+]([O-])NCCNC(C)=O)cc1. The van der Waals surface area contributed by atoms with Crippen LogP contribution in [0.25, 0.3) is 0 Å². The highest BCUT2D eigenvalue weighted by Gasteiger charge is 2.09. The topological polar surface area (TPSA) is 64.2 Å². The van der Waals surface area contributed by atoms with Gasteiger partial charge in [-0.15, -0.1) is 4.72 Å². The number of hydrogen-bond donors (Lipinski definition) is 2. The summed E-state index contributed by atoms with van der Waals surface area (Å²) in [5, 5.41) is 2.63. The fraction of sp³-hybridized carbons (Fsp3) is 0.417. The summed E-state index contributed by atoms with van der Waals surface area (Å²) in [6, 6.07) is 7.67. The number of carbonyl (C=O) groups is 1. The van der Waals surface area contributed by atoms with Crippen LogP contribution in [0.4, 0.5) is 0 Å². The van der Waals surface area contributed by atoms with Gasteiger partial charge in [0, 0.05) is 13.5 Å². The van der Waals surface area contributed by atoms with Gasteiger partial charge in [0.15, 0.2) is 4.90 Å². The van der Waals surface area contributed by atoms with E-state index in [-0.39, 0.29) is 5.91 Å². The Kier molecular flexibility index (Phi) is 6.04. The number of rotatable bonds is 6. The van der Waals surface area contributed by atoms with Crippen LogP contribution in [-0.2, 0) is 22.6 Å². The van der Waals surface area contributed by atoms with Crippen molar-refractivity contribution in [3.8, 4) is 0 Å². The molecule has 17 heavy (non-hydrogen) atoms. The fourth-order valence-electron chi connectivity index (χ4n) is 1.31. The Morgan fingerprint density at radius 1 is 1.29 bits per heavy atom. The van der Waals surface area contributed by atoms with Crippen LogP contribution in [-0.4, -0.2) is 23.5 Å².